The van der Waals surface area contributed by atoms with Gasteiger partial charge in [-0.2, -0.15) is 4.98 Å². The summed E-state index contributed by atoms with van der Waals surface area (Å²) < 4.78 is 34.4. The molecule has 1 saturated heterocycles. The van der Waals surface area contributed by atoms with Crippen molar-refractivity contribution < 1.29 is 28.2 Å². The average Bonchev–Trinajstić information content (AvgIpc) is 3.58. The highest BCUT2D eigenvalue weighted by Gasteiger charge is 2.51. The minimum Gasteiger partial charge on any atom is -0.449 e. The number of halogens is 2. The molecule has 0 radical (unpaired) electrons. The number of fused-ring (bicyclic) bond motifs is 1. The number of hydrogen-bond donors (Lipinski definition) is 1. The van der Waals surface area contributed by atoms with E-state index in [1.807, 2.05) is 0 Å². The van der Waals surface area contributed by atoms with Crippen molar-refractivity contribution in [3.8, 4) is 0 Å². The molecule has 1 aliphatic heterocycles. The molecule has 1 aliphatic carbocycles. The predicted molar refractivity (Wildman–Crippen MR) is 135 cm³/mol. The summed E-state index contributed by atoms with van der Waals surface area (Å²) in [4.78, 5) is 34.2. The number of rotatable bonds is 7. The molecule has 6 rings (SSSR count). The molecule has 9 nitrogen and oxygen atoms in total. The minimum absolute atomic E-state index is 0.0203. The largest absolute Gasteiger partial charge is 0.449 e. The quantitative estimate of drug-likeness (QED) is 0.262. The Morgan fingerprint density at radius 1 is 0.947 bits per heavy atom. The van der Waals surface area contributed by atoms with Crippen LogP contribution in [0.4, 0.5) is 10.2 Å². The molecular formula is C27H22ClFN4O5. The van der Waals surface area contributed by atoms with Gasteiger partial charge in [0.05, 0.1) is 16.5 Å². The maximum Gasteiger partial charge on any atom is 0.340 e. The van der Waals surface area contributed by atoms with Crippen LogP contribution in [0, 0.1) is 0 Å². The highest BCUT2D eigenvalue weighted by Crippen LogP contribution is 2.38. The summed E-state index contributed by atoms with van der Waals surface area (Å²) in [6, 6.07) is 18.4. The third-order valence-corrected chi connectivity index (χ3v) is 6.52. The smallest absolute Gasteiger partial charge is 0.340 e. The second-order valence-corrected chi connectivity index (χ2v) is 9.40. The Kier molecular flexibility index (Phi) is 6.42. The number of carbonyl (C=O) groups is 2. The van der Waals surface area contributed by atoms with Gasteiger partial charge in [0.2, 0.25) is 11.6 Å². The molecule has 4 aromatic rings. The number of ether oxygens (including phenoxy) is 3. The monoisotopic (exact) mass is 536 g/mol. The second kappa shape index (κ2) is 10.0. The molecule has 0 spiro atoms. The van der Waals surface area contributed by atoms with Gasteiger partial charge in [0, 0.05) is 12.2 Å². The molecule has 4 atom stereocenters. The van der Waals surface area contributed by atoms with Gasteiger partial charge in [-0.3, -0.25) is 0 Å². The molecule has 0 bridgehead atoms. The van der Waals surface area contributed by atoms with Crippen molar-refractivity contribution in [3.05, 3.63) is 89.3 Å². The minimum atomic E-state index is -1.90. The molecule has 11 heteroatoms. The van der Waals surface area contributed by atoms with Gasteiger partial charge in [-0.15, -0.1) is 0 Å². The van der Waals surface area contributed by atoms with E-state index >= 15 is 4.39 Å². The number of carbonyl (C=O) groups excluding carboxylic acids is 2. The van der Waals surface area contributed by atoms with E-state index in [4.69, 9.17) is 25.8 Å². The maximum atomic E-state index is 16.0. The van der Waals surface area contributed by atoms with Crippen LogP contribution in [0.2, 0.25) is 5.28 Å². The third kappa shape index (κ3) is 4.80. The van der Waals surface area contributed by atoms with E-state index in [2.05, 4.69) is 15.3 Å². The van der Waals surface area contributed by atoms with Crippen LogP contribution < -0.4 is 5.32 Å². The van der Waals surface area contributed by atoms with Crippen molar-refractivity contribution in [3.63, 3.8) is 0 Å². The van der Waals surface area contributed by atoms with Crippen LogP contribution in [-0.2, 0) is 14.2 Å². The molecule has 2 aliphatic rings. The summed E-state index contributed by atoms with van der Waals surface area (Å²) in [5.41, 5.74) is 0.784. The van der Waals surface area contributed by atoms with E-state index < -0.39 is 36.7 Å². The number of hydrogen-bond acceptors (Lipinski definition) is 8. The lowest BCUT2D eigenvalue weighted by atomic mass is 10.2. The Morgan fingerprint density at radius 2 is 1.58 bits per heavy atom. The number of nitrogens with one attached hydrogen (secondary N) is 1. The lowest BCUT2D eigenvalue weighted by molar-refractivity contribution is -0.147. The number of anilines is 1. The first kappa shape index (κ1) is 24.3. The molecule has 194 valence electrons. The van der Waals surface area contributed by atoms with E-state index in [1.54, 1.807) is 72.9 Å². The molecule has 38 heavy (non-hydrogen) atoms. The molecule has 0 amide bonds. The SMILES string of the molecule is O=C(O[C@H]1O[C@@H](n2ccc3c(NC4CC4)nc(Cl)nc32)[C@@H](F)[C@@H]1OC(=O)c1ccccc1)c1ccccc1. The van der Waals surface area contributed by atoms with Gasteiger partial charge in [-0.1, -0.05) is 36.4 Å². The van der Waals surface area contributed by atoms with Crippen molar-refractivity contribution in [1.29, 1.82) is 0 Å². The second-order valence-electron chi connectivity index (χ2n) is 9.07. The average molecular weight is 537 g/mol. The van der Waals surface area contributed by atoms with Gasteiger partial charge >= 0.3 is 11.9 Å². The zero-order valence-corrected chi connectivity index (χ0v) is 20.6. The third-order valence-electron chi connectivity index (χ3n) is 6.35. The molecule has 3 heterocycles. The fourth-order valence-corrected chi connectivity index (χ4v) is 4.46. The number of aromatic nitrogens is 3. The summed E-state index contributed by atoms with van der Waals surface area (Å²) in [7, 11) is 0. The Balaban J connectivity index is 1.32. The van der Waals surface area contributed by atoms with E-state index in [0.717, 1.165) is 12.8 Å². The van der Waals surface area contributed by atoms with Crippen molar-refractivity contribution in [2.24, 2.45) is 0 Å². The van der Waals surface area contributed by atoms with Gasteiger partial charge in [0.25, 0.3) is 0 Å². The van der Waals surface area contributed by atoms with Crippen LogP contribution in [-0.4, -0.2) is 51.1 Å². The lowest BCUT2D eigenvalue weighted by Crippen LogP contribution is -2.36. The summed E-state index contributed by atoms with van der Waals surface area (Å²) >= 11 is 6.18. The predicted octanol–water partition coefficient (Wildman–Crippen LogP) is 4.93. The zero-order chi connectivity index (χ0) is 26.2. The van der Waals surface area contributed by atoms with Gasteiger partial charge in [0.15, 0.2) is 18.5 Å². The Labute approximate surface area is 221 Å². The molecule has 1 N–H and O–H groups in total. The normalized spacial score (nSPS) is 22.8. The highest BCUT2D eigenvalue weighted by molar-refractivity contribution is 6.28. The fourth-order valence-electron chi connectivity index (χ4n) is 4.29. The molecule has 2 aromatic heterocycles. The van der Waals surface area contributed by atoms with E-state index in [9.17, 15) is 9.59 Å². The van der Waals surface area contributed by atoms with Crippen molar-refractivity contribution >= 4 is 40.4 Å². The van der Waals surface area contributed by atoms with Crippen molar-refractivity contribution in [2.75, 3.05) is 5.32 Å². The number of esters is 2. The summed E-state index contributed by atoms with van der Waals surface area (Å²) in [5, 5.41) is 3.90. The molecular weight excluding hydrogens is 515 g/mol. The summed E-state index contributed by atoms with van der Waals surface area (Å²) in [6.45, 7) is 0. The van der Waals surface area contributed by atoms with Crippen LogP contribution in [0.25, 0.3) is 11.0 Å². The first-order chi connectivity index (χ1) is 18.5. The Hall–Kier alpha value is -4.02. The highest BCUT2D eigenvalue weighted by atomic mass is 35.5. The van der Waals surface area contributed by atoms with Crippen LogP contribution >= 0.6 is 11.6 Å². The zero-order valence-electron chi connectivity index (χ0n) is 19.9. The number of nitrogens with zero attached hydrogens (tertiary/aromatic N) is 3. The van der Waals surface area contributed by atoms with Gasteiger partial charge in [-0.25, -0.2) is 19.0 Å². The molecule has 0 unspecified atom stereocenters. The Bertz CT molecular complexity index is 1480. The molecule has 1 saturated carbocycles. The van der Waals surface area contributed by atoms with Gasteiger partial charge in [-0.05, 0) is 54.8 Å². The van der Waals surface area contributed by atoms with Crippen LogP contribution in [0.3, 0.4) is 0 Å². The van der Waals surface area contributed by atoms with Crippen LogP contribution in [0.5, 0.6) is 0 Å². The van der Waals surface area contributed by atoms with E-state index in [1.165, 1.54) is 4.57 Å². The van der Waals surface area contributed by atoms with E-state index in [-0.39, 0.29) is 16.4 Å². The van der Waals surface area contributed by atoms with Gasteiger partial charge in [0.1, 0.15) is 11.5 Å². The Morgan fingerprint density at radius 3 is 2.21 bits per heavy atom. The van der Waals surface area contributed by atoms with Crippen LogP contribution in [0.1, 0.15) is 39.8 Å². The first-order valence-electron chi connectivity index (χ1n) is 12.1. The van der Waals surface area contributed by atoms with Crippen molar-refractivity contribution in [2.45, 2.75) is 43.7 Å². The van der Waals surface area contributed by atoms with Crippen molar-refractivity contribution in [1.82, 2.24) is 14.5 Å². The number of alkyl halides is 1. The number of benzene rings is 2. The van der Waals surface area contributed by atoms with Crippen LogP contribution in [0.15, 0.2) is 72.9 Å². The van der Waals surface area contributed by atoms with E-state index in [0.29, 0.717) is 22.9 Å². The van der Waals surface area contributed by atoms with Gasteiger partial charge < -0.3 is 24.1 Å². The standard InChI is InChI=1S/C27H22ClFN4O5/c28-27-31-21(30-17-11-12-17)18-13-14-33(22(18)32-27)23-19(29)20(36-24(34)15-7-3-1-4-8-15)26(37-23)38-25(35)16-9-5-2-6-10-16/h1-10,13-14,17,19-20,23,26H,11-12H2,(H,30,31,32)/t19-,20-,23+,26+/m0/s1. The first-order valence-corrected chi connectivity index (χ1v) is 12.5. The molecule has 2 fully saturated rings. The topological polar surface area (TPSA) is 105 Å². The molecule has 2 aromatic carbocycles. The maximum absolute atomic E-state index is 16.0. The summed E-state index contributed by atoms with van der Waals surface area (Å²) in [5.74, 6) is -0.987. The summed E-state index contributed by atoms with van der Waals surface area (Å²) in [6.07, 6.45) is -2.67. The fraction of sp³-hybridized carbons (Fsp3) is 0.259. The lowest BCUT2D eigenvalue weighted by Gasteiger charge is -2.19.